The fourth-order valence-corrected chi connectivity index (χ4v) is 8.09. The van der Waals surface area contributed by atoms with Crippen molar-refractivity contribution in [2.45, 2.75) is 72.1 Å². The third-order valence-electron chi connectivity index (χ3n) is 8.85. The fraction of sp³-hybridized carbons (Fsp3) is 0.268. The molecule has 0 unspecified atom stereocenters. The third kappa shape index (κ3) is 5.94. The molecular weight excluding hydrogens is 655 g/mol. The Labute approximate surface area is 291 Å². The van der Waals surface area contributed by atoms with E-state index in [4.69, 9.17) is 0 Å². The maximum absolute atomic E-state index is 2.50. The van der Waals surface area contributed by atoms with Crippen molar-refractivity contribution in [2.75, 3.05) is 0 Å². The van der Waals surface area contributed by atoms with Gasteiger partial charge in [-0.25, -0.2) is 0 Å². The molecular formula is C41H41Cl2Zr. The molecule has 0 heterocycles. The van der Waals surface area contributed by atoms with Gasteiger partial charge in [0.15, 0.2) is 0 Å². The SMILES string of the molecule is CCc1c(C(C)(C)C)c(C2=CC=CC2)c2c(c1=C(c1ccccc1)c1ccccc1)=c1ccc(C(C)(C)C)cc1=[C]2[Zr+2].[Cl-].[Cl-]. The van der Waals surface area contributed by atoms with Crippen LogP contribution in [0.5, 0.6) is 0 Å². The average molecular weight is 696 g/mol. The van der Waals surface area contributed by atoms with Gasteiger partial charge in [0.1, 0.15) is 0 Å². The van der Waals surface area contributed by atoms with Crippen LogP contribution in [-0.4, -0.2) is 0 Å². The van der Waals surface area contributed by atoms with Crippen molar-refractivity contribution in [2.24, 2.45) is 0 Å². The van der Waals surface area contributed by atoms with Gasteiger partial charge < -0.3 is 24.8 Å². The monoisotopic (exact) mass is 693 g/mol. The second-order valence-corrected chi connectivity index (χ2v) is 15.0. The van der Waals surface area contributed by atoms with Crippen molar-refractivity contribution in [1.29, 1.82) is 0 Å². The summed E-state index contributed by atoms with van der Waals surface area (Å²) in [5.74, 6) is 0. The zero-order valence-electron chi connectivity index (χ0n) is 26.9. The van der Waals surface area contributed by atoms with Gasteiger partial charge in [-0.1, -0.05) is 0 Å². The summed E-state index contributed by atoms with van der Waals surface area (Å²) in [5, 5.41) is 5.69. The smallest absolute Gasteiger partial charge is 1.00 e. The third-order valence-corrected chi connectivity index (χ3v) is 10.1. The van der Waals surface area contributed by atoms with Gasteiger partial charge in [-0.3, -0.25) is 0 Å². The van der Waals surface area contributed by atoms with E-state index in [1.54, 1.807) is 0 Å². The number of hydrogen-bond acceptors (Lipinski definition) is 0. The number of fused-ring (bicyclic) bond motifs is 2. The molecule has 6 rings (SSSR count). The molecule has 0 atom stereocenters. The predicted octanol–water partition coefficient (Wildman–Crippen LogP) is 2.75. The Hall–Kier alpha value is -2.44. The van der Waals surface area contributed by atoms with Crippen LogP contribution in [0.3, 0.4) is 0 Å². The fourth-order valence-electron chi connectivity index (χ4n) is 6.97. The first kappa shape index (κ1) is 34.4. The zero-order valence-corrected chi connectivity index (χ0v) is 30.9. The normalized spacial score (nSPS) is 13.6. The molecule has 223 valence electrons. The van der Waals surface area contributed by atoms with Crippen LogP contribution in [0.2, 0.25) is 0 Å². The van der Waals surface area contributed by atoms with Crippen molar-refractivity contribution >= 4 is 14.4 Å². The van der Waals surface area contributed by atoms with Crippen molar-refractivity contribution in [1.82, 2.24) is 0 Å². The van der Waals surface area contributed by atoms with Crippen LogP contribution in [-0.2, 0) is 42.0 Å². The molecule has 0 saturated heterocycles. The van der Waals surface area contributed by atoms with E-state index < -0.39 is 0 Å². The van der Waals surface area contributed by atoms with Gasteiger partial charge in [-0.2, -0.15) is 0 Å². The second kappa shape index (κ2) is 13.1. The zero-order chi connectivity index (χ0) is 29.8. The molecule has 0 radical (unpaired) electrons. The molecule has 2 aliphatic rings. The summed E-state index contributed by atoms with van der Waals surface area (Å²) < 4.78 is 1.50. The first-order chi connectivity index (χ1) is 20.0. The molecule has 0 nitrogen and oxygen atoms in total. The second-order valence-electron chi connectivity index (χ2n) is 13.8. The van der Waals surface area contributed by atoms with Gasteiger partial charge in [0.2, 0.25) is 0 Å². The standard InChI is InChI=1S/C41H41.2ClH.Zr/c1-8-32-38(35(27-17-11-9-12-18-27)28-19-13-10-14-20-28)37-33-24-23-31(40(2,3)4)25-30(33)26-34(37)36(29-21-15-16-22-29)39(32)41(5,6)7;;;/h9-21,23-25H,8,22H2,1-7H3;2*1H;/q;;;+2/p-2. The summed E-state index contributed by atoms with van der Waals surface area (Å²) >= 11 is 1.48. The van der Waals surface area contributed by atoms with Crippen LogP contribution in [0.4, 0.5) is 0 Å². The molecule has 4 aromatic rings. The molecule has 0 saturated carbocycles. The average Bonchev–Trinajstić information content (AvgIpc) is 3.60. The first-order valence-electron chi connectivity index (χ1n) is 15.3. The van der Waals surface area contributed by atoms with Crippen molar-refractivity contribution in [3.63, 3.8) is 0 Å². The Bertz CT molecular complexity index is 1940. The Morgan fingerprint density at radius 1 is 0.727 bits per heavy atom. The Morgan fingerprint density at radius 2 is 1.32 bits per heavy atom. The molecule has 0 bridgehead atoms. The minimum Gasteiger partial charge on any atom is -1.00 e. The largest absolute Gasteiger partial charge is 1.00 e. The van der Waals surface area contributed by atoms with Crippen LogP contribution in [0.25, 0.3) is 14.4 Å². The molecule has 2 aliphatic carbocycles. The molecule has 0 amide bonds. The molecule has 0 aromatic heterocycles. The maximum atomic E-state index is 2.50. The summed E-state index contributed by atoms with van der Waals surface area (Å²) in [6, 6.07) is 29.5. The number of allylic oxidation sites excluding steroid dienone is 4. The molecule has 44 heavy (non-hydrogen) atoms. The van der Waals surface area contributed by atoms with Crippen molar-refractivity contribution in [3.05, 3.63) is 157 Å². The van der Waals surface area contributed by atoms with Gasteiger partial charge >= 0.3 is 268 Å². The number of benzene rings is 4. The summed E-state index contributed by atoms with van der Waals surface area (Å²) in [7, 11) is 0. The van der Waals surface area contributed by atoms with Gasteiger partial charge in [-0.15, -0.1) is 0 Å². The van der Waals surface area contributed by atoms with E-state index in [1.807, 2.05) is 0 Å². The van der Waals surface area contributed by atoms with Crippen molar-refractivity contribution < 1.29 is 49.5 Å². The van der Waals surface area contributed by atoms with Crippen LogP contribution < -0.4 is 35.3 Å². The van der Waals surface area contributed by atoms with E-state index in [0.717, 1.165) is 12.8 Å². The molecule has 0 aliphatic heterocycles. The summed E-state index contributed by atoms with van der Waals surface area (Å²) in [4.78, 5) is 0. The maximum Gasteiger partial charge on any atom is -1.00 e. The molecule has 3 heteroatoms. The van der Waals surface area contributed by atoms with Gasteiger partial charge in [-0.05, 0) is 0 Å². The van der Waals surface area contributed by atoms with Crippen LogP contribution in [0.1, 0.15) is 93.8 Å². The number of rotatable bonds is 4. The van der Waals surface area contributed by atoms with E-state index in [-0.39, 0.29) is 35.6 Å². The summed E-state index contributed by atoms with van der Waals surface area (Å²) in [5.41, 5.74) is 12.8. The molecule has 0 N–H and O–H groups in total. The van der Waals surface area contributed by atoms with Crippen molar-refractivity contribution in [3.8, 4) is 0 Å². The first-order valence-corrected chi connectivity index (χ1v) is 16.6. The van der Waals surface area contributed by atoms with Gasteiger partial charge in [0.25, 0.3) is 0 Å². The van der Waals surface area contributed by atoms with E-state index in [9.17, 15) is 0 Å². The van der Waals surface area contributed by atoms with E-state index in [2.05, 4.69) is 146 Å². The topological polar surface area (TPSA) is 0 Å². The van der Waals surface area contributed by atoms with Gasteiger partial charge in [0.05, 0.1) is 0 Å². The van der Waals surface area contributed by atoms with Gasteiger partial charge in [0, 0.05) is 0 Å². The minimum atomic E-state index is -0.0198. The molecule has 0 fully saturated rings. The van der Waals surface area contributed by atoms with E-state index >= 15 is 0 Å². The molecule has 0 spiro atoms. The summed E-state index contributed by atoms with van der Waals surface area (Å²) in [6.07, 6.45) is 8.92. The summed E-state index contributed by atoms with van der Waals surface area (Å²) in [6.45, 7) is 16.6. The number of hydrogen-bond donors (Lipinski definition) is 0. The van der Waals surface area contributed by atoms with Crippen LogP contribution in [0, 0.1) is 10.4 Å². The number of halogens is 2. The minimum absolute atomic E-state index is 0. The van der Waals surface area contributed by atoms with Crippen LogP contribution in [0.15, 0.2) is 97.1 Å². The molecule has 4 aromatic carbocycles. The van der Waals surface area contributed by atoms with Crippen LogP contribution >= 0.6 is 0 Å². The Kier molecular flexibility index (Phi) is 10.3. The predicted molar refractivity (Wildman–Crippen MR) is 175 cm³/mol. The van der Waals surface area contributed by atoms with E-state index in [1.165, 1.54) is 99.0 Å². The Balaban J connectivity index is 0.00000221. The van der Waals surface area contributed by atoms with E-state index in [0.29, 0.717) is 0 Å². The quantitative estimate of drug-likeness (QED) is 0.309. The Morgan fingerprint density at radius 3 is 1.80 bits per heavy atom.